The highest BCUT2D eigenvalue weighted by Crippen LogP contribution is 2.33. The Bertz CT molecular complexity index is 628. The number of nitrogen functional groups attached to an aromatic ring is 1. The molecule has 1 unspecified atom stereocenters. The molecule has 5 heteroatoms. The van der Waals surface area contributed by atoms with Gasteiger partial charge in [-0.2, -0.15) is 0 Å². The van der Waals surface area contributed by atoms with Crippen LogP contribution in [0.1, 0.15) is 48.5 Å². The van der Waals surface area contributed by atoms with E-state index < -0.39 is 0 Å². The third-order valence-corrected chi connectivity index (χ3v) is 5.49. The minimum atomic E-state index is 0.254. The Kier molecular flexibility index (Phi) is 3.65. The molecule has 0 spiro atoms. The maximum absolute atomic E-state index is 6.18. The van der Waals surface area contributed by atoms with E-state index in [2.05, 4.69) is 30.7 Å². The molecular weight excluding hydrogens is 268 g/mol. The van der Waals surface area contributed by atoms with Gasteiger partial charge in [0.05, 0.1) is 11.4 Å². The van der Waals surface area contributed by atoms with Gasteiger partial charge in [0, 0.05) is 4.88 Å². The molecule has 2 aromatic rings. The molecule has 0 saturated carbocycles. The van der Waals surface area contributed by atoms with E-state index in [4.69, 9.17) is 10.7 Å². The molecule has 1 aliphatic rings. The molecule has 0 aliphatic carbocycles. The van der Waals surface area contributed by atoms with Crippen LogP contribution in [0.3, 0.4) is 0 Å². The molecule has 0 aromatic carbocycles. The molecule has 0 amide bonds. The molecule has 20 heavy (non-hydrogen) atoms. The second-order valence-electron chi connectivity index (χ2n) is 5.70. The summed E-state index contributed by atoms with van der Waals surface area (Å²) in [7, 11) is 0. The first-order chi connectivity index (χ1) is 9.58. The minimum absolute atomic E-state index is 0.254. The second-order valence-corrected chi connectivity index (χ2v) is 6.91. The molecule has 0 radical (unpaired) electrons. The summed E-state index contributed by atoms with van der Waals surface area (Å²) in [5.74, 6) is 1.51. The first kappa shape index (κ1) is 13.8. The van der Waals surface area contributed by atoms with Crippen molar-refractivity contribution in [3.05, 3.63) is 16.3 Å². The number of hydrogen-bond acceptors (Lipinski definition) is 5. The van der Waals surface area contributed by atoms with E-state index in [0.717, 1.165) is 29.1 Å². The van der Waals surface area contributed by atoms with Crippen molar-refractivity contribution >= 4 is 27.4 Å². The fourth-order valence-corrected chi connectivity index (χ4v) is 4.00. The molecule has 1 saturated heterocycles. The summed E-state index contributed by atoms with van der Waals surface area (Å²) >= 11 is 1.72. The summed E-state index contributed by atoms with van der Waals surface area (Å²) in [6.45, 7) is 8.70. The van der Waals surface area contributed by atoms with Crippen molar-refractivity contribution < 1.29 is 0 Å². The van der Waals surface area contributed by atoms with E-state index in [0.29, 0.717) is 5.82 Å². The van der Waals surface area contributed by atoms with Crippen LogP contribution >= 0.6 is 11.3 Å². The average molecular weight is 290 g/mol. The van der Waals surface area contributed by atoms with Crippen LogP contribution in [0.2, 0.25) is 0 Å². The first-order valence-corrected chi connectivity index (χ1v) is 8.16. The molecule has 1 fully saturated rings. The van der Waals surface area contributed by atoms with Crippen LogP contribution in [0.15, 0.2) is 0 Å². The number of piperidine rings is 1. The molecule has 4 nitrogen and oxygen atoms in total. The maximum atomic E-state index is 6.18. The normalized spacial score (nSPS) is 18.6. The third-order valence-electron chi connectivity index (χ3n) is 4.39. The SMILES string of the molecule is Cc1sc2nc(C(C)N3CCCCC3)nc(N)c2c1C. The fourth-order valence-electron chi connectivity index (χ4n) is 2.95. The van der Waals surface area contributed by atoms with Gasteiger partial charge in [0.2, 0.25) is 0 Å². The standard InChI is InChI=1S/C15H22N4S/c1-9-11(3)20-15-12(9)13(16)17-14(18-15)10(2)19-7-5-4-6-8-19/h10H,4-8H2,1-3H3,(H2,16,17,18). The highest BCUT2D eigenvalue weighted by Gasteiger charge is 2.22. The van der Waals surface area contributed by atoms with Crippen LogP contribution in [0.5, 0.6) is 0 Å². The Hall–Kier alpha value is -1.20. The van der Waals surface area contributed by atoms with E-state index in [-0.39, 0.29) is 6.04 Å². The molecule has 3 heterocycles. The van der Waals surface area contributed by atoms with E-state index in [1.54, 1.807) is 11.3 Å². The predicted molar refractivity (Wildman–Crippen MR) is 85.1 cm³/mol. The predicted octanol–water partition coefficient (Wildman–Crippen LogP) is 3.44. The molecule has 1 aliphatic heterocycles. The summed E-state index contributed by atoms with van der Waals surface area (Å²) < 4.78 is 0. The van der Waals surface area contributed by atoms with Crippen LogP contribution < -0.4 is 5.73 Å². The Balaban J connectivity index is 1.99. The number of thiophene rings is 1. The number of nitrogens with two attached hydrogens (primary N) is 1. The lowest BCUT2D eigenvalue weighted by Crippen LogP contribution is -2.33. The van der Waals surface area contributed by atoms with Crippen molar-refractivity contribution in [2.45, 2.75) is 46.1 Å². The molecule has 108 valence electrons. The number of hydrogen-bond donors (Lipinski definition) is 1. The molecule has 3 rings (SSSR count). The van der Waals surface area contributed by atoms with Gasteiger partial charge in [-0.1, -0.05) is 6.42 Å². The second kappa shape index (κ2) is 5.30. The van der Waals surface area contributed by atoms with E-state index in [1.807, 2.05) is 0 Å². The summed E-state index contributed by atoms with van der Waals surface area (Å²) in [5, 5.41) is 1.04. The van der Waals surface area contributed by atoms with Gasteiger partial charge in [-0.3, -0.25) is 4.90 Å². The van der Waals surface area contributed by atoms with Gasteiger partial charge >= 0.3 is 0 Å². The van der Waals surface area contributed by atoms with Crippen molar-refractivity contribution in [1.82, 2.24) is 14.9 Å². The number of anilines is 1. The Labute approximate surface area is 124 Å². The van der Waals surface area contributed by atoms with Crippen LogP contribution in [0, 0.1) is 13.8 Å². The minimum Gasteiger partial charge on any atom is -0.383 e. The smallest absolute Gasteiger partial charge is 0.149 e. The van der Waals surface area contributed by atoms with Gasteiger partial charge in [0.25, 0.3) is 0 Å². The zero-order valence-electron chi connectivity index (χ0n) is 12.4. The number of nitrogens with zero attached hydrogens (tertiary/aromatic N) is 3. The Morgan fingerprint density at radius 3 is 2.55 bits per heavy atom. The first-order valence-electron chi connectivity index (χ1n) is 7.35. The lowest BCUT2D eigenvalue weighted by atomic mass is 10.1. The maximum Gasteiger partial charge on any atom is 0.149 e. The van der Waals surface area contributed by atoms with Crippen molar-refractivity contribution in [2.75, 3.05) is 18.8 Å². The number of fused-ring (bicyclic) bond motifs is 1. The third kappa shape index (κ3) is 2.29. The Morgan fingerprint density at radius 2 is 1.85 bits per heavy atom. The number of aryl methyl sites for hydroxylation is 2. The zero-order chi connectivity index (χ0) is 14.3. The van der Waals surface area contributed by atoms with E-state index in [9.17, 15) is 0 Å². The molecule has 0 bridgehead atoms. The highest BCUT2D eigenvalue weighted by atomic mass is 32.1. The molecule has 2 N–H and O–H groups in total. The van der Waals surface area contributed by atoms with Gasteiger partial charge < -0.3 is 5.73 Å². The molecule has 1 atom stereocenters. The monoisotopic (exact) mass is 290 g/mol. The summed E-state index contributed by atoms with van der Waals surface area (Å²) in [5.41, 5.74) is 7.40. The lowest BCUT2D eigenvalue weighted by molar-refractivity contribution is 0.169. The van der Waals surface area contributed by atoms with E-state index in [1.165, 1.54) is 29.7 Å². The van der Waals surface area contributed by atoms with Gasteiger partial charge in [-0.15, -0.1) is 11.3 Å². The quantitative estimate of drug-likeness (QED) is 0.920. The topological polar surface area (TPSA) is 55.0 Å². The highest BCUT2D eigenvalue weighted by molar-refractivity contribution is 7.18. The van der Waals surface area contributed by atoms with Gasteiger partial charge in [-0.25, -0.2) is 9.97 Å². The zero-order valence-corrected chi connectivity index (χ0v) is 13.3. The largest absolute Gasteiger partial charge is 0.383 e. The van der Waals surface area contributed by atoms with Crippen LogP contribution in [-0.2, 0) is 0 Å². The van der Waals surface area contributed by atoms with Crippen LogP contribution in [-0.4, -0.2) is 28.0 Å². The van der Waals surface area contributed by atoms with Crippen LogP contribution in [0.4, 0.5) is 5.82 Å². The Morgan fingerprint density at radius 1 is 1.15 bits per heavy atom. The van der Waals surface area contributed by atoms with Crippen molar-refractivity contribution in [2.24, 2.45) is 0 Å². The van der Waals surface area contributed by atoms with E-state index >= 15 is 0 Å². The van der Waals surface area contributed by atoms with Crippen LogP contribution in [0.25, 0.3) is 10.2 Å². The molecule has 2 aromatic heterocycles. The number of likely N-dealkylation sites (tertiary alicyclic amines) is 1. The van der Waals surface area contributed by atoms with Crippen molar-refractivity contribution in [1.29, 1.82) is 0 Å². The van der Waals surface area contributed by atoms with Crippen molar-refractivity contribution in [3.63, 3.8) is 0 Å². The summed E-state index contributed by atoms with van der Waals surface area (Å²) in [4.78, 5) is 14.1. The fraction of sp³-hybridized carbons (Fsp3) is 0.600. The average Bonchev–Trinajstić information content (AvgIpc) is 2.74. The number of rotatable bonds is 2. The summed E-state index contributed by atoms with van der Waals surface area (Å²) in [6.07, 6.45) is 3.90. The number of aromatic nitrogens is 2. The summed E-state index contributed by atoms with van der Waals surface area (Å²) in [6, 6.07) is 0.254. The van der Waals surface area contributed by atoms with Crippen molar-refractivity contribution in [3.8, 4) is 0 Å². The van der Waals surface area contributed by atoms with Gasteiger partial charge in [0.15, 0.2) is 0 Å². The molecular formula is C15H22N4S. The van der Waals surface area contributed by atoms with Gasteiger partial charge in [0.1, 0.15) is 16.5 Å². The van der Waals surface area contributed by atoms with Gasteiger partial charge in [-0.05, 0) is 52.3 Å². The lowest BCUT2D eigenvalue weighted by Gasteiger charge is -2.31.